The minimum absolute atomic E-state index is 0.330. The van der Waals surface area contributed by atoms with E-state index in [-0.39, 0.29) is 0 Å². The molecule has 6 heteroatoms. The maximum Gasteiger partial charge on any atom is 0.328 e. The molecule has 1 aromatic heterocycles. The van der Waals surface area contributed by atoms with Crippen LogP contribution in [0.5, 0.6) is 0 Å². The molecule has 0 aliphatic heterocycles. The Morgan fingerprint density at radius 1 is 1.20 bits per heavy atom. The number of aliphatic carboxylic acids is 1. The minimum atomic E-state index is -1.31. The zero-order valence-corrected chi connectivity index (χ0v) is 10.6. The molecule has 0 aliphatic rings. The molecule has 0 aliphatic carbocycles. The first-order chi connectivity index (χ1) is 9.61. The van der Waals surface area contributed by atoms with Crippen molar-refractivity contribution in [3.63, 3.8) is 0 Å². The molecule has 3 N–H and O–H groups in total. The number of hydrogen-bond acceptors (Lipinski definition) is 3. The molecule has 1 aromatic carbocycles. The Kier molecular flexibility index (Phi) is 4.17. The fourth-order valence-corrected chi connectivity index (χ4v) is 1.74. The summed E-state index contributed by atoms with van der Waals surface area (Å²) in [6.07, 6.45) is 3.68. The van der Waals surface area contributed by atoms with E-state index in [4.69, 9.17) is 10.2 Å². The van der Waals surface area contributed by atoms with Gasteiger partial charge in [-0.15, -0.1) is 0 Å². The van der Waals surface area contributed by atoms with Crippen molar-refractivity contribution in [3.05, 3.63) is 54.4 Å². The molecule has 0 unspecified atom stereocenters. The Morgan fingerprint density at radius 2 is 1.90 bits per heavy atom. The van der Waals surface area contributed by atoms with Gasteiger partial charge in [0.05, 0.1) is 6.61 Å². The zero-order valence-electron chi connectivity index (χ0n) is 10.6. The summed E-state index contributed by atoms with van der Waals surface area (Å²) in [5, 5.41) is 19.9. The van der Waals surface area contributed by atoms with Crippen molar-refractivity contribution in [2.75, 3.05) is 6.61 Å². The highest BCUT2D eigenvalue weighted by Crippen LogP contribution is 2.11. The van der Waals surface area contributed by atoms with Gasteiger partial charge in [0.25, 0.3) is 5.91 Å². The molecule has 2 rings (SSSR count). The number of aliphatic hydroxyl groups excluding tert-OH is 1. The second kappa shape index (κ2) is 6.03. The number of hydrogen-bond donors (Lipinski definition) is 3. The van der Waals surface area contributed by atoms with Crippen LogP contribution in [0, 0.1) is 0 Å². The van der Waals surface area contributed by atoms with Crippen molar-refractivity contribution < 1.29 is 19.8 Å². The van der Waals surface area contributed by atoms with Crippen molar-refractivity contribution >= 4 is 11.9 Å². The summed E-state index contributed by atoms with van der Waals surface area (Å²) in [5.41, 5.74) is 1.12. The number of rotatable bonds is 5. The quantitative estimate of drug-likeness (QED) is 0.746. The summed E-state index contributed by atoms with van der Waals surface area (Å²) < 4.78 is 1.83. The van der Waals surface area contributed by atoms with Crippen LogP contribution in [0.1, 0.15) is 10.4 Å². The molecular formula is C14H14N2O4. The van der Waals surface area contributed by atoms with E-state index in [9.17, 15) is 9.59 Å². The topological polar surface area (TPSA) is 91.6 Å². The summed E-state index contributed by atoms with van der Waals surface area (Å²) in [4.78, 5) is 22.7. The SMILES string of the molecule is O=C(N[C@@H](CO)C(=O)O)c1cccc(-n2cccc2)c1. The Labute approximate surface area is 115 Å². The van der Waals surface area contributed by atoms with Gasteiger partial charge in [0, 0.05) is 23.6 Å². The third-order valence-electron chi connectivity index (χ3n) is 2.80. The highest BCUT2D eigenvalue weighted by molar-refractivity contribution is 5.97. The number of benzene rings is 1. The number of carbonyl (C=O) groups excluding carboxylic acids is 1. The first-order valence-corrected chi connectivity index (χ1v) is 6.00. The molecule has 0 bridgehead atoms. The molecule has 0 saturated heterocycles. The van der Waals surface area contributed by atoms with Crippen LogP contribution in [-0.2, 0) is 4.79 Å². The van der Waals surface area contributed by atoms with E-state index >= 15 is 0 Å². The fourth-order valence-electron chi connectivity index (χ4n) is 1.74. The van der Waals surface area contributed by atoms with Crippen molar-refractivity contribution in [2.45, 2.75) is 6.04 Å². The van der Waals surface area contributed by atoms with E-state index in [1.807, 2.05) is 35.2 Å². The van der Waals surface area contributed by atoms with Crippen molar-refractivity contribution in [2.24, 2.45) is 0 Å². The predicted octanol–water partition coefficient (Wildman–Crippen LogP) is 0.653. The Balaban J connectivity index is 2.19. The summed E-state index contributed by atoms with van der Waals surface area (Å²) in [6, 6.07) is 9.18. The van der Waals surface area contributed by atoms with E-state index in [1.54, 1.807) is 18.2 Å². The minimum Gasteiger partial charge on any atom is -0.480 e. The van der Waals surface area contributed by atoms with Gasteiger partial charge in [-0.05, 0) is 30.3 Å². The number of carboxylic acid groups (broad SMARTS) is 1. The van der Waals surface area contributed by atoms with Crippen LogP contribution in [0.15, 0.2) is 48.8 Å². The Bertz CT molecular complexity index is 607. The van der Waals surface area contributed by atoms with Crippen molar-refractivity contribution in [1.82, 2.24) is 9.88 Å². The van der Waals surface area contributed by atoms with Crippen LogP contribution in [0.4, 0.5) is 0 Å². The Morgan fingerprint density at radius 3 is 2.50 bits per heavy atom. The largest absolute Gasteiger partial charge is 0.480 e. The van der Waals surface area contributed by atoms with Crippen LogP contribution in [0.3, 0.4) is 0 Å². The number of amides is 1. The van der Waals surface area contributed by atoms with Gasteiger partial charge in [0.15, 0.2) is 6.04 Å². The maximum atomic E-state index is 11.9. The zero-order chi connectivity index (χ0) is 14.5. The van der Waals surface area contributed by atoms with Crippen LogP contribution in [0.25, 0.3) is 5.69 Å². The lowest BCUT2D eigenvalue weighted by atomic mass is 10.1. The molecule has 1 amide bonds. The molecule has 1 atom stereocenters. The summed E-state index contributed by atoms with van der Waals surface area (Å²) in [6.45, 7) is -0.654. The number of nitrogens with one attached hydrogen (secondary N) is 1. The summed E-state index contributed by atoms with van der Waals surface area (Å²) in [7, 11) is 0. The summed E-state index contributed by atoms with van der Waals surface area (Å²) >= 11 is 0. The van der Waals surface area contributed by atoms with E-state index in [2.05, 4.69) is 5.32 Å². The van der Waals surface area contributed by atoms with Gasteiger partial charge in [-0.2, -0.15) is 0 Å². The molecule has 0 fully saturated rings. The number of aliphatic hydroxyl groups is 1. The van der Waals surface area contributed by atoms with Gasteiger partial charge >= 0.3 is 5.97 Å². The van der Waals surface area contributed by atoms with E-state index in [0.717, 1.165) is 5.69 Å². The average molecular weight is 274 g/mol. The van der Waals surface area contributed by atoms with Crippen LogP contribution in [0.2, 0.25) is 0 Å². The van der Waals surface area contributed by atoms with Crippen molar-refractivity contribution in [1.29, 1.82) is 0 Å². The van der Waals surface area contributed by atoms with Gasteiger partial charge in [0.1, 0.15) is 0 Å². The lowest BCUT2D eigenvalue weighted by Gasteiger charge is -2.12. The third-order valence-corrected chi connectivity index (χ3v) is 2.80. The average Bonchev–Trinajstić information content (AvgIpc) is 2.98. The van der Waals surface area contributed by atoms with Gasteiger partial charge in [-0.1, -0.05) is 6.07 Å². The molecule has 0 saturated carbocycles. The highest BCUT2D eigenvalue weighted by Gasteiger charge is 2.19. The van der Waals surface area contributed by atoms with Gasteiger partial charge in [0.2, 0.25) is 0 Å². The number of carboxylic acids is 1. The number of aromatic nitrogens is 1. The number of nitrogens with zero attached hydrogens (tertiary/aromatic N) is 1. The standard InChI is InChI=1S/C14H14N2O4/c17-9-12(14(19)20)15-13(18)10-4-3-5-11(8-10)16-6-1-2-7-16/h1-8,12,17H,9H2,(H,15,18)(H,19,20)/t12-/m0/s1. The second-order valence-corrected chi connectivity index (χ2v) is 4.19. The molecule has 0 spiro atoms. The monoisotopic (exact) mass is 274 g/mol. The number of carbonyl (C=O) groups is 2. The lowest BCUT2D eigenvalue weighted by molar-refractivity contribution is -0.140. The van der Waals surface area contributed by atoms with Crippen molar-refractivity contribution in [3.8, 4) is 5.69 Å². The smallest absolute Gasteiger partial charge is 0.328 e. The van der Waals surface area contributed by atoms with Crippen LogP contribution in [-0.4, -0.2) is 39.3 Å². The van der Waals surface area contributed by atoms with Gasteiger partial charge < -0.3 is 20.1 Å². The van der Waals surface area contributed by atoms with Gasteiger partial charge in [-0.25, -0.2) is 4.79 Å². The van der Waals surface area contributed by atoms with Crippen LogP contribution >= 0.6 is 0 Å². The summed E-state index contributed by atoms with van der Waals surface area (Å²) in [5.74, 6) is -1.82. The molecule has 1 heterocycles. The lowest BCUT2D eigenvalue weighted by Crippen LogP contribution is -2.43. The third kappa shape index (κ3) is 3.04. The van der Waals surface area contributed by atoms with E-state index < -0.39 is 24.5 Å². The van der Waals surface area contributed by atoms with E-state index in [1.165, 1.54) is 0 Å². The fraction of sp³-hybridized carbons (Fsp3) is 0.143. The van der Waals surface area contributed by atoms with Crippen LogP contribution < -0.4 is 5.32 Å². The molecule has 6 nitrogen and oxygen atoms in total. The molecule has 2 aromatic rings. The highest BCUT2D eigenvalue weighted by atomic mass is 16.4. The first-order valence-electron chi connectivity index (χ1n) is 6.00. The van der Waals surface area contributed by atoms with E-state index in [0.29, 0.717) is 5.56 Å². The molecule has 0 radical (unpaired) electrons. The maximum absolute atomic E-state index is 11.9. The first kappa shape index (κ1) is 13.8. The predicted molar refractivity (Wildman–Crippen MR) is 71.7 cm³/mol. The molecular weight excluding hydrogens is 260 g/mol. The normalized spacial score (nSPS) is 11.8. The Hall–Kier alpha value is -2.60. The molecule has 20 heavy (non-hydrogen) atoms. The second-order valence-electron chi connectivity index (χ2n) is 4.19. The molecule has 104 valence electrons. The van der Waals surface area contributed by atoms with Gasteiger partial charge in [-0.3, -0.25) is 4.79 Å².